The predicted molar refractivity (Wildman–Crippen MR) is 79.1 cm³/mol. The standard InChI is InChI=1S/C16H21F2N3/c1-3-19-15(4-5-16-20-6-7-21(16)2)10-12-8-13(17)11-14(18)9-12/h6-9,11,15,19H,3-5,10H2,1-2H3. The summed E-state index contributed by atoms with van der Waals surface area (Å²) in [6.07, 6.45) is 6.00. The van der Waals surface area contributed by atoms with Crippen LogP contribution < -0.4 is 5.32 Å². The zero-order chi connectivity index (χ0) is 15.2. The highest BCUT2D eigenvalue weighted by Crippen LogP contribution is 2.13. The minimum Gasteiger partial charge on any atom is -0.338 e. The Morgan fingerprint density at radius 3 is 2.52 bits per heavy atom. The van der Waals surface area contributed by atoms with Crippen LogP contribution in [0.1, 0.15) is 24.7 Å². The molecule has 0 amide bonds. The van der Waals surface area contributed by atoms with Crippen molar-refractivity contribution in [2.75, 3.05) is 6.54 Å². The summed E-state index contributed by atoms with van der Waals surface area (Å²) < 4.78 is 28.5. The maximum Gasteiger partial charge on any atom is 0.126 e. The molecular formula is C16H21F2N3. The van der Waals surface area contributed by atoms with Crippen molar-refractivity contribution in [3.63, 3.8) is 0 Å². The molecule has 3 nitrogen and oxygen atoms in total. The summed E-state index contributed by atoms with van der Waals surface area (Å²) >= 11 is 0. The molecule has 5 heteroatoms. The van der Waals surface area contributed by atoms with Gasteiger partial charge in [-0.1, -0.05) is 6.92 Å². The van der Waals surface area contributed by atoms with Crippen LogP contribution in [-0.4, -0.2) is 22.1 Å². The van der Waals surface area contributed by atoms with Gasteiger partial charge in [0.05, 0.1) is 0 Å². The van der Waals surface area contributed by atoms with Crippen molar-refractivity contribution >= 4 is 0 Å². The lowest BCUT2D eigenvalue weighted by Crippen LogP contribution is -2.31. The molecule has 2 rings (SSSR count). The maximum absolute atomic E-state index is 13.3. The number of rotatable bonds is 7. The molecule has 0 fully saturated rings. The Bertz CT molecular complexity index is 560. The van der Waals surface area contributed by atoms with Crippen molar-refractivity contribution in [2.24, 2.45) is 7.05 Å². The van der Waals surface area contributed by atoms with Gasteiger partial charge in [0.2, 0.25) is 0 Å². The van der Waals surface area contributed by atoms with E-state index in [0.717, 1.165) is 31.3 Å². The van der Waals surface area contributed by atoms with E-state index in [1.165, 1.54) is 12.1 Å². The second kappa shape index (κ2) is 7.31. The molecule has 114 valence electrons. The largest absolute Gasteiger partial charge is 0.338 e. The number of nitrogens with zero attached hydrogens (tertiary/aromatic N) is 2. The van der Waals surface area contributed by atoms with Crippen LogP contribution in [0.25, 0.3) is 0 Å². The molecule has 0 saturated heterocycles. The van der Waals surface area contributed by atoms with Gasteiger partial charge in [0.15, 0.2) is 0 Å². The summed E-state index contributed by atoms with van der Waals surface area (Å²) in [6, 6.07) is 3.87. The van der Waals surface area contributed by atoms with E-state index in [9.17, 15) is 8.78 Å². The van der Waals surface area contributed by atoms with Gasteiger partial charge in [-0.15, -0.1) is 0 Å². The molecule has 1 unspecified atom stereocenters. The molecule has 0 saturated carbocycles. The van der Waals surface area contributed by atoms with Crippen molar-refractivity contribution in [1.29, 1.82) is 0 Å². The Kier molecular flexibility index (Phi) is 5.44. The second-order valence-corrected chi connectivity index (χ2v) is 5.23. The summed E-state index contributed by atoms with van der Waals surface area (Å²) in [5, 5.41) is 3.37. The average Bonchev–Trinajstić information content (AvgIpc) is 2.80. The third kappa shape index (κ3) is 4.63. The molecule has 2 aromatic rings. The normalized spacial score (nSPS) is 12.6. The van der Waals surface area contributed by atoms with E-state index in [1.54, 1.807) is 6.20 Å². The van der Waals surface area contributed by atoms with Gasteiger partial charge in [-0.05, 0) is 37.1 Å². The molecule has 0 spiro atoms. The third-order valence-electron chi connectivity index (χ3n) is 3.53. The summed E-state index contributed by atoms with van der Waals surface area (Å²) in [4.78, 5) is 4.30. The Morgan fingerprint density at radius 2 is 1.95 bits per heavy atom. The van der Waals surface area contributed by atoms with E-state index in [4.69, 9.17) is 0 Å². The fourth-order valence-electron chi connectivity index (χ4n) is 2.52. The lowest BCUT2D eigenvalue weighted by molar-refractivity contribution is 0.480. The minimum absolute atomic E-state index is 0.174. The first-order valence-electron chi connectivity index (χ1n) is 7.23. The summed E-state index contributed by atoms with van der Waals surface area (Å²) in [5.74, 6) is -0.0305. The highest BCUT2D eigenvalue weighted by molar-refractivity contribution is 5.19. The van der Waals surface area contributed by atoms with Gasteiger partial charge in [0, 0.05) is 38.0 Å². The molecule has 0 aliphatic rings. The first kappa shape index (κ1) is 15.6. The van der Waals surface area contributed by atoms with Gasteiger partial charge in [-0.2, -0.15) is 0 Å². The number of aromatic nitrogens is 2. The predicted octanol–water partition coefficient (Wildman–Crippen LogP) is 2.85. The smallest absolute Gasteiger partial charge is 0.126 e. The number of hydrogen-bond acceptors (Lipinski definition) is 2. The van der Waals surface area contributed by atoms with Crippen LogP contribution in [0.2, 0.25) is 0 Å². The van der Waals surface area contributed by atoms with Crippen molar-refractivity contribution < 1.29 is 8.78 Å². The molecule has 21 heavy (non-hydrogen) atoms. The highest BCUT2D eigenvalue weighted by atomic mass is 19.1. The number of likely N-dealkylation sites (N-methyl/N-ethyl adjacent to an activating group) is 1. The number of nitrogens with one attached hydrogen (secondary N) is 1. The fourth-order valence-corrected chi connectivity index (χ4v) is 2.52. The first-order chi connectivity index (χ1) is 10.1. The Hall–Kier alpha value is -1.75. The molecule has 0 aliphatic heterocycles. The van der Waals surface area contributed by atoms with Crippen molar-refractivity contribution in [3.8, 4) is 0 Å². The van der Waals surface area contributed by atoms with E-state index in [2.05, 4.69) is 10.3 Å². The Morgan fingerprint density at radius 1 is 1.24 bits per heavy atom. The molecule has 1 heterocycles. The first-order valence-corrected chi connectivity index (χ1v) is 7.23. The van der Waals surface area contributed by atoms with E-state index >= 15 is 0 Å². The minimum atomic E-state index is -0.524. The van der Waals surface area contributed by atoms with Gasteiger partial charge in [0.25, 0.3) is 0 Å². The number of benzene rings is 1. The number of aryl methyl sites for hydroxylation is 2. The molecule has 1 aromatic carbocycles. The highest BCUT2D eigenvalue weighted by Gasteiger charge is 2.12. The van der Waals surface area contributed by atoms with Crippen molar-refractivity contribution in [3.05, 3.63) is 53.6 Å². The number of hydrogen-bond donors (Lipinski definition) is 1. The van der Waals surface area contributed by atoms with E-state index in [1.807, 2.05) is 24.7 Å². The zero-order valence-electron chi connectivity index (χ0n) is 12.4. The van der Waals surface area contributed by atoms with Gasteiger partial charge in [-0.3, -0.25) is 0 Å². The van der Waals surface area contributed by atoms with Gasteiger partial charge in [-0.25, -0.2) is 13.8 Å². The van der Waals surface area contributed by atoms with Crippen LogP contribution in [0.5, 0.6) is 0 Å². The fraction of sp³-hybridized carbons (Fsp3) is 0.438. The molecule has 1 aromatic heterocycles. The van der Waals surface area contributed by atoms with Gasteiger partial charge in [0.1, 0.15) is 17.5 Å². The Labute approximate surface area is 124 Å². The molecule has 1 atom stereocenters. The van der Waals surface area contributed by atoms with Crippen molar-refractivity contribution in [2.45, 2.75) is 32.2 Å². The van der Waals surface area contributed by atoms with E-state index in [-0.39, 0.29) is 6.04 Å². The van der Waals surface area contributed by atoms with Crippen LogP contribution >= 0.6 is 0 Å². The molecular weight excluding hydrogens is 272 g/mol. The monoisotopic (exact) mass is 293 g/mol. The van der Waals surface area contributed by atoms with Crippen LogP contribution in [0.15, 0.2) is 30.6 Å². The van der Waals surface area contributed by atoms with Crippen LogP contribution in [0.3, 0.4) is 0 Å². The van der Waals surface area contributed by atoms with Gasteiger partial charge >= 0.3 is 0 Å². The maximum atomic E-state index is 13.3. The van der Waals surface area contributed by atoms with E-state index in [0.29, 0.717) is 12.0 Å². The molecule has 0 radical (unpaired) electrons. The van der Waals surface area contributed by atoms with Crippen LogP contribution in [-0.2, 0) is 19.9 Å². The lowest BCUT2D eigenvalue weighted by Gasteiger charge is -2.18. The number of imidazole rings is 1. The molecule has 1 N–H and O–H groups in total. The van der Waals surface area contributed by atoms with Crippen molar-refractivity contribution in [1.82, 2.24) is 14.9 Å². The average molecular weight is 293 g/mol. The quantitative estimate of drug-likeness (QED) is 0.850. The SMILES string of the molecule is CCNC(CCc1nccn1C)Cc1cc(F)cc(F)c1. The Balaban J connectivity index is 1.99. The van der Waals surface area contributed by atoms with Gasteiger partial charge < -0.3 is 9.88 Å². The van der Waals surface area contributed by atoms with Crippen LogP contribution in [0, 0.1) is 11.6 Å². The van der Waals surface area contributed by atoms with Crippen LogP contribution in [0.4, 0.5) is 8.78 Å². The topological polar surface area (TPSA) is 29.9 Å². The second-order valence-electron chi connectivity index (χ2n) is 5.23. The summed E-state index contributed by atoms with van der Waals surface area (Å²) in [5.41, 5.74) is 0.679. The molecule has 0 bridgehead atoms. The summed E-state index contributed by atoms with van der Waals surface area (Å²) in [7, 11) is 1.96. The summed E-state index contributed by atoms with van der Waals surface area (Å²) in [6.45, 7) is 2.85. The lowest BCUT2D eigenvalue weighted by atomic mass is 10.0. The zero-order valence-corrected chi connectivity index (χ0v) is 12.4. The molecule has 0 aliphatic carbocycles. The number of halogens is 2. The third-order valence-corrected chi connectivity index (χ3v) is 3.53. The van der Waals surface area contributed by atoms with E-state index < -0.39 is 11.6 Å².